The normalized spacial score (nSPS) is 26.1. The Morgan fingerprint density at radius 3 is 2.38 bits per heavy atom. The molecule has 116 valence electrons. The molecule has 2 rings (SSSR count). The van der Waals surface area contributed by atoms with Crippen LogP contribution in [0.3, 0.4) is 0 Å². The van der Waals surface area contributed by atoms with E-state index in [1.807, 2.05) is 0 Å². The number of alkyl halides is 3. The van der Waals surface area contributed by atoms with Gasteiger partial charge in [-0.15, -0.1) is 0 Å². The molecule has 3 unspecified atom stereocenters. The molecule has 0 radical (unpaired) electrons. The molecule has 1 aliphatic rings. The van der Waals surface area contributed by atoms with E-state index in [2.05, 4.69) is 0 Å². The molecule has 1 fully saturated rings. The minimum atomic E-state index is -4.49. The highest BCUT2D eigenvalue weighted by Gasteiger charge is 2.51. The van der Waals surface area contributed by atoms with Crippen molar-refractivity contribution in [3.63, 3.8) is 0 Å². The van der Waals surface area contributed by atoms with Crippen molar-refractivity contribution < 1.29 is 31.9 Å². The molecule has 2 nitrogen and oxygen atoms in total. The summed E-state index contributed by atoms with van der Waals surface area (Å²) in [6, 6.07) is 1.99. The second-order valence-corrected chi connectivity index (χ2v) is 5.34. The number of carbonyl (C=O) groups is 1. The van der Waals surface area contributed by atoms with Crippen LogP contribution in [-0.2, 0) is 4.79 Å². The van der Waals surface area contributed by atoms with Gasteiger partial charge in [0, 0.05) is 0 Å². The highest BCUT2D eigenvalue weighted by molar-refractivity contribution is 5.72. The summed E-state index contributed by atoms with van der Waals surface area (Å²) in [7, 11) is 0. The highest BCUT2D eigenvalue weighted by atomic mass is 19.4. The Bertz CT molecular complexity index is 567. The Morgan fingerprint density at radius 1 is 1.24 bits per heavy atom. The Labute approximate surface area is 117 Å². The summed E-state index contributed by atoms with van der Waals surface area (Å²) in [6.45, 7) is 1.24. The van der Waals surface area contributed by atoms with Crippen molar-refractivity contribution in [3.8, 4) is 0 Å². The quantitative estimate of drug-likeness (QED) is 0.838. The van der Waals surface area contributed by atoms with Crippen LogP contribution < -0.4 is 0 Å². The summed E-state index contributed by atoms with van der Waals surface area (Å²) < 4.78 is 65.1. The molecule has 1 aromatic carbocycles. The van der Waals surface area contributed by atoms with Crippen LogP contribution in [0.5, 0.6) is 0 Å². The summed E-state index contributed by atoms with van der Waals surface area (Å²) in [5.74, 6) is -7.56. The Kier molecular flexibility index (Phi) is 3.95. The van der Waals surface area contributed by atoms with Gasteiger partial charge in [0.1, 0.15) is 0 Å². The third kappa shape index (κ3) is 2.87. The van der Waals surface area contributed by atoms with Gasteiger partial charge in [0.25, 0.3) is 0 Å². The van der Waals surface area contributed by atoms with Crippen molar-refractivity contribution in [2.45, 2.75) is 31.9 Å². The van der Waals surface area contributed by atoms with Gasteiger partial charge in [-0.2, -0.15) is 13.2 Å². The van der Waals surface area contributed by atoms with Gasteiger partial charge in [-0.3, -0.25) is 4.79 Å². The average Bonchev–Trinajstić information content (AvgIpc) is 2.81. The maximum absolute atomic E-state index is 13.6. The summed E-state index contributed by atoms with van der Waals surface area (Å²) >= 11 is 0. The summed E-state index contributed by atoms with van der Waals surface area (Å²) in [5.41, 5.74) is 0.00197. The summed E-state index contributed by atoms with van der Waals surface area (Å²) in [6.07, 6.45) is -5.46. The number of rotatable bonds is 2. The van der Waals surface area contributed by atoms with E-state index in [1.165, 1.54) is 13.0 Å². The Morgan fingerprint density at radius 2 is 1.86 bits per heavy atom. The molecule has 0 amide bonds. The van der Waals surface area contributed by atoms with Gasteiger partial charge < -0.3 is 5.11 Å². The van der Waals surface area contributed by atoms with E-state index in [1.54, 1.807) is 0 Å². The average molecular weight is 308 g/mol. The first-order chi connectivity index (χ1) is 9.62. The molecule has 0 aromatic heterocycles. The van der Waals surface area contributed by atoms with Crippen molar-refractivity contribution in [3.05, 3.63) is 34.9 Å². The standard InChI is InChI=1S/C14H13F5O2/c1-6-8(2-3-11(15)12(6)16)9-4-7(14(17,18)19)5-10(9)13(20)21/h2-3,7,9-10H,4-5H2,1H3,(H,20,21). The zero-order valence-electron chi connectivity index (χ0n) is 11.0. The predicted octanol–water partition coefficient (Wildman–Crippen LogP) is 4.03. The van der Waals surface area contributed by atoms with Gasteiger partial charge in [0.15, 0.2) is 11.6 Å². The van der Waals surface area contributed by atoms with Gasteiger partial charge in [0.05, 0.1) is 11.8 Å². The van der Waals surface area contributed by atoms with Crippen LogP contribution in [0.2, 0.25) is 0 Å². The van der Waals surface area contributed by atoms with Crippen molar-refractivity contribution in [1.29, 1.82) is 0 Å². The van der Waals surface area contributed by atoms with Crippen LogP contribution in [0.25, 0.3) is 0 Å². The molecule has 1 aromatic rings. The van der Waals surface area contributed by atoms with Crippen LogP contribution in [0.4, 0.5) is 22.0 Å². The molecule has 1 N–H and O–H groups in total. The van der Waals surface area contributed by atoms with E-state index in [0.29, 0.717) is 0 Å². The fraction of sp³-hybridized carbons (Fsp3) is 0.500. The number of hydrogen-bond donors (Lipinski definition) is 1. The Balaban J connectivity index is 2.42. The number of halogens is 5. The van der Waals surface area contributed by atoms with Crippen LogP contribution in [-0.4, -0.2) is 17.3 Å². The lowest BCUT2D eigenvalue weighted by Crippen LogP contribution is -2.21. The zero-order chi connectivity index (χ0) is 15.9. The second kappa shape index (κ2) is 5.27. The largest absolute Gasteiger partial charge is 0.481 e. The molecule has 0 spiro atoms. The minimum Gasteiger partial charge on any atom is -0.481 e. The maximum atomic E-state index is 13.6. The molecule has 1 aliphatic carbocycles. The van der Waals surface area contributed by atoms with Crippen LogP contribution in [0, 0.1) is 30.4 Å². The summed E-state index contributed by atoms with van der Waals surface area (Å²) in [4.78, 5) is 11.2. The van der Waals surface area contributed by atoms with Gasteiger partial charge in [-0.25, -0.2) is 8.78 Å². The van der Waals surface area contributed by atoms with E-state index in [-0.39, 0.29) is 11.1 Å². The van der Waals surface area contributed by atoms with E-state index in [0.717, 1.165) is 6.07 Å². The fourth-order valence-electron chi connectivity index (χ4n) is 2.99. The van der Waals surface area contributed by atoms with Gasteiger partial charge >= 0.3 is 12.1 Å². The Hall–Kier alpha value is -1.66. The second-order valence-electron chi connectivity index (χ2n) is 5.34. The number of carboxylic acids is 1. The van der Waals surface area contributed by atoms with Gasteiger partial charge in [-0.1, -0.05) is 6.07 Å². The van der Waals surface area contributed by atoms with Crippen LogP contribution in [0.1, 0.15) is 29.9 Å². The molecule has 0 saturated heterocycles. The first kappa shape index (κ1) is 15.7. The number of aliphatic carboxylic acids is 1. The molecule has 0 heterocycles. The minimum absolute atomic E-state index is 0.130. The monoisotopic (exact) mass is 308 g/mol. The van der Waals surface area contributed by atoms with Crippen LogP contribution in [0.15, 0.2) is 12.1 Å². The lowest BCUT2D eigenvalue weighted by atomic mass is 9.86. The zero-order valence-corrected chi connectivity index (χ0v) is 11.0. The third-order valence-corrected chi connectivity index (χ3v) is 4.12. The topological polar surface area (TPSA) is 37.3 Å². The number of hydrogen-bond acceptors (Lipinski definition) is 1. The molecule has 7 heteroatoms. The van der Waals surface area contributed by atoms with Crippen molar-refractivity contribution >= 4 is 5.97 Å². The first-order valence-corrected chi connectivity index (χ1v) is 6.37. The molecule has 3 atom stereocenters. The van der Waals surface area contributed by atoms with E-state index in [4.69, 9.17) is 5.11 Å². The predicted molar refractivity (Wildman–Crippen MR) is 63.7 cm³/mol. The van der Waals surface area contributed by atoms with Gasteiger partial charge in [-0.05, 0) is 42.9 Å². The first-order valence-electron chi connectivity index (χ1n) is 6.37. The molecular formula is C14H13F5O2. The highest BCUT2D eigenvalue weighted by Crippen LogP contribution is 2.50. The van der Waals surface area contributed by atoms with E-state index >= 15 is 0 Å². The molecular weight excluding hydrogens is 295 g/mol. The molecule has 0 aliphatic heterocycles. The molecule has 0 bridgehead atoms. The van der Waals surface area contributed by atoms with Gasteiger partial charge in [0.2, 0.25) is 0 Å². The SMILES string of the molecule is Cc1c(C2CC(C(F)(F)F)CC2C(=O)O)ccc(F)c1F. The number of benzene rings is 1. The number of carboxylic acid groups (broad SMARTS) is 1. The maximum Gasteiger partial charge on any atom is 0.391 e. The molecule has 21 heavy (non-hydrogen) atoms. The smallest absolute Gasteiger partial charge is 0.391 e. The van der Waals surface area contributed by atoms with Crippen molar-refractivity contribution in [2.24, 2.45) is 11.8 Å². The molecule has 1 saturated carbocycles. The van der Waals surface area contributed by atoms with Crippen LogP contribution >= 0.6 is 0 Å². The summed E-state index contributed by atoms with van der Waals surface area (Å²) in [5, 5.41) is 9.11. The third-order valence-electron chi connectivity index (χ3n) is 4.12. The lowest BCUT2D eigenvalue weighted by Gasteiger charge is -2.19. The van der Waals surface area contributed by atoms with Crippen molar-refractivity contribution in [2.75, 3.05) is 0 Å². The van der Waals surface area contributed by atoms with E-state index in [9.17, 15) is 26.7 Å². The lowest BCUT2D eigenvalue weighted by molar-refractivity contribution is -0.174. The van der Waals surface area contributed by atoms with E-state index < -0.39 is 54.4 Å². The fourth-order valence-corrected chi connectivity index (χ4v) is 2.99. The van der Waals surface area contributed by atoms with Crippen molar-refractivity contribution in [1.82, 2.24) is 0 Å².